The number of halogens is 1. The molecule has 118 valence electrons. The van der Waals surface area contributed by atoms with Gasteiger partial charge in [0.05, 0.1) is 18.7 Å². The second kappa shape index (κ2) is 5.80. The molecule has 0 N–H and O–H groups in total. The lowest BCUT2D eigenvalue weighted by atomic mass is 9.83. The highest BCUT2D eigenvalue weighted by molar-refractivity contribution is 5.97. The lowest BCUT2D eigenvalue weighted by Crippen LogP contribution is -2.65. The maximum atomic E-state index is 13.8. The molecule has 3 aliphatic heterocycles. The Hall–Kier alpha value is -1.75. The number of fused-ring (bicyclic) bond motifs is 3. The van der Waals surface area contributed by atoms with E-state index in [2.05, 4.69) is 0 Å². The van der Waals surface area contributed by atoms with E-state index in [1.807, 2.05) is 0 Å². The molecule has 4 rings (SSSR count). The number of piperidine rings is 3. The van der Waals surface area contributed by atoms with E-state index in [0.717, 1.165) is 25.9 Å². The average Bonchev–Trinajstić information content (AvgIpc) is 2.47. The number of benzene rings is 1. The molecule has 1 aromatic carbocycles. The monoisotopic (exact) mass is 306 g/mol. The van der Waals surface area contributed by atoms with Crippen LogP contribution in [0.4, 0.5) is 4.39 Å². The minimum atomic E-state index is -0.464. The van der Waals surface area contributed by atoms with Gasteiger partial charge in [-0.2, -0.15) is 0 Å². The van der Waals surface area contributed by atoms with Gasteiger partial charge in [-0.3, -0.25) is 9.59 Å². The van der Waals surface area contributed by atoms with Gasteiger partial charge < -0.3 is 9.22 Å². The van der Waals surface area contributed by atoms with Crippen molar-refractivity contribution in [1.82, 2.24) is 0 Å². The summed E-state index contributed by atoms with van der Waals surface area (Å²) in [5, 5.41) is 0. The molecule has 3 fully saturated rings. The van der Waals surface area contributed by atoms with Crippen LogP contribution in [0.5, 0.6) is 0 Å². The van der Waals surface area contributed by atoms with Crippen LogP contribution < -0.4 is 0 Å². The van der Waals surface area contributed by atoms with Crippen molar-refractivity contribution < 1.29 is 23.2 Å². The molecule has 0 aromatic heterocycles. The number of hydrogen-bond donors (Lipinski definition) is 0. The summed E-state index contributed by atoms with van der Waals surface area (Å²) >= 11 is 0. The Bertz CT molecular complexity index is 593. The molecule has 0 unspecified atom stereocenters. The molecule has 4 nitrogen and oxygen atoms in total. The van der Waals surface area contributed by atoms with Crippen molar-refractivity contribution in [2.75, 3.05) is 26.2 Å². The van der Waals surface area contributed by atoms with Crippen LogP contribution in [0.1, 0.15) is 30.1 Å². The smallest absolute Gasteiger partial charge is 0.303 e. The van der Waals surface area contributed by atoms with Crippen molar-refractivity contribution in [3.63, 3.8) is 0 Å². The van der Waals surface area contributed by atoms with Gasteiger partial charge in [0.1, 0.15) is 18.9 Å². The molecule has 0 aliphatic carbocycles. The Morgan fingerprint density at radius 1 is 1.27 bits per heavy atom. The number of carbonyl (C=O) groups is 2. The summed E-state index contributed by atoms with van der Waals surface area (Å²) in [5.74, 6) is -0.487. The third-order valence-corrected chi connectivity index (χ3v) is 5.01. The van der Waals surface area contributed by atoms with Gasteiger partial charge in [-0.25, -0.2) is 4.39 Å². The standard InChI is InChI=1S/C17H21FNO3/c1-12(20)22-17-11-19(8-6-13(17)7-9-19)10-16(21)14-4-2-3-5-15(14)18/h2-5,13,17H,6-11H2,1H3/q+1/t13?,17-,19?/m0/s1. The molecule has 0 spiro atoms. The maximum Gasteiger partial charge on any atom is 0.303 e. The van der Waals surface area contributed by atoms with Gasteiger partial charge in [-0.1, -0.05) is 12.1 Å². The third-order valence-electron chi connectivity index (χ3n) is 5.01. The lowest BCUT2D eigenvalue weighted by Gasteiger charge is -2.51. The van der Waals surface area contributed by atoms with E-state index in [0.29, 0.717) is 16.9 Å². The summed E-state index contributed by atoms with van der Waals surface area (Å²) in [7, 11) is 0. The SMILES string of the molecule is CC(=O)O[C@H]1C[N+]2(CC(=O)c3ccccc3F)CCC1CC2. The van der Waals surface area contributed by atoms with E-state index in [4.69, 9.17) is 4.74 Å². The predicted octanol–water partition coefficient (Wildman–Crippen LogP) is 2.18. The van der Waals surface area contributed by atoms with E-state index in [1.165, 1.54) is 19.1 Å². The number of quaternary nitrogens is 1. The van der Waals surface area contributed by atoms with Crippen molar-refractivity contribution in [3.05, 3.63) is 35.6 Å². The first-order valence-corrected chi connectivity index (χ1v) is 7.79. The van der Waals surface area contributed by atoms with Gasteiger partial charge in [0.25, 0.3) is 0 Å². The molecule has 0 radical (unpaired) electrons. The first-order valence-electron chi connectivity index (χ1n) is 7.79. The minimum absolute atomic E-state index is 0.103. The fraction of sp³-hybridized carbons (Fsp3) is 0.529. The molecule has 3 aliphatic rings. The Labute approximate surface area is 129 Å². The van der Waals surface area contributed by atoms with Gasteiger partial charge in [-0.05, 0) is 12.1 Å². The van der Waals surface area contributed by atoms with E-state index in [-0.39, 0.29) is 30.0 Å². The van der Waals surface area contributed by atoms with Crippen LogP contribution in [-0.4, -0.2) is 48.5 Å². The zero-order chi connectivity index (χ0) is 15.7. The highest BCUT2D eigenvalue weighted by Gasteiger charge is 2.48. The van der Waals surface area contributed by atoms with Crippen molar-refractivity contribution in [1.29, 1.82) is 0 Å². The van der Waals surface area contributed by atoms with Crippen LogP contribution in [0, 0.1) is 11.7 Å². The van der Waals surface area contributed by atoms with Crippen molar-refractivity contribution in [2.24, 2.45) is 5.92 Å². The van der Waals surface area contributed by atoms with Gasteiger partial charge in [0, 0.05) is 25.7 Å². The largest absolute Gasteiger partial charge is 0.456 e. The maximum absolute atomic E-state index is 13.8. The van der Waals surface area contributed by atoms with Crippen LogP contribution in [0.3, 0.4) is 0 Å². The molecule has 22 heavy (non-hydrogen) atoms. The van der Waals surface area contributed by atoms with Gasteiger partial charge in [0.2, 0.25) is 5.78 Å². The summed E-state index contributed by atoms with van der Waals surface area (Å²) in [6, 6.07) is 6.12. The highest BCUT2D eigenvalue weighted by atomic mass is 19.1. The summed E-state index contributed by atoms with van der Waals surface area (Å²) in [5.41, 5.74) is 0.159. The molecule has 0 amide bonds. The van der Waals surface area contributed by atoms with Crippen molar-refractivity contribution >= 4 is 11.8 Å². The zero-order valence-corrected chi connectivity index (χ0v) is 12.8. The molecular formula is C17H21FNO3+. The quantitative estimate of drug-likeness (QED) is 0.486. The van der Waals surface area contributed by atoms with Crippen LogP contribution in [0.15, 0.2) is 24.3 Å². The van der Waals surface area contributed by atoms with E-state index >= 15 is 0 Å². The number of carbonyl (C=O) groups excluding carboxylic acids is 2. The van der Waals surface area contributed by atoms with Gasteiger partial charge in [0.15, 0.2) is 6.10 Å². The third kappa shape index (κ3) is 2.90. The first kappa shape index (κ1) is 15.2. The zero-order valence-electron chi connectivity index (χ0n) is 12.8. The number of Topliss-reactive ketones (excluding diaryl/α,β-unsaturated/α-hetero) is 1. The highest BCUT2D eigenvalue weighted by Crippen LogP contribution is 2.35. The molecule has 1 aromatic rings. The van der Waals surface area contributed by atoms with Crippen LogP contribution in [0.2, 0.25) is 0 Å². The number of rotatable bonds is 4. The van der Waals surface area contributed by atoms with Gasteiger partial charge in [-0.15, -0.1) is 0 Å². The predicted molar refractivity (Wildman–Crippen MR) is 78.7 cm³/mol. The second-order valence-corrected chi connectivity index (χ2v) is 6.52. The van der Waals surface area contributed by atoms with Crippen LogP contribution in [-0.2, 0) is 9.53 Å². The van der Waals surface area contributed by atoms with Crippen molar-refractivity contribution in [3.8, 4) is 0 Å². The minimum Gasteiger partial charge on any atom is -0.456 e. The Kier molecular flexibility index (Phi) is 4.00. The first-order chi connectivity index (χ1) is 10.5. The molecule has 3 heterocycles. The molecule has 1 atom stereocenters. The van der Waals surface area contributed by atoms with E-state index < -0.39 is 5.82 Å². The second-order valence-electron chi connectivity index (χ2n) is 6.52. The van der Waals surface area contributed by atoms with E-state index in [1.54, 1.807) is 12.1 Å². The summed E-state index contributed by atoms with van der Waals surface area (Å²) in [6.45, 7) is 4.19. The average molecular weight is 306 g/mol. The van der Waals surface area contributed by atoms with E-state index in [9.17, 15) is 14.0 Å². The summed E-state index contributed by atoms with van der Waals surface area (Å²) < 4.78 is 19.8. The molecular weight excluding hydrogens is 285 g/mol. The van der Waals surface area contributed by atoms with Crippen molar-refractivity contribution in [2.45, 2.75) is 25.9 Å². The number of hydrogen-bond acceptors (Lipinski definition) is 3. The number of nitrogens with zero attached hydrogens (tertiary/aromatic N) is 1. The van der Waals surface area contributed by atoms with Gasteiger partial charge >= 0.3 is 5.97 Å². The lowest BCUT2D eigenvalue weighted by molar-refractivity contribution is -0.938. The Morgan fingerprint density at radius 3 is 2.59 bits per heavy atom. The number of esters is 1. The normalized spacial score (nSPS) is 30.1. The number of ether oxygens (including phenoxy) is 1. The summed E-state index contributed by atoms with van der Waals surface area (Å²) in [6.07, 6.45) is 1.82. The molecule has 0 saturated carbocycles. The fourth-order valence-corrected chi connectivity index (χ4v) is 3.87. The molecule has 3 saturated heterocycles. The Morgan fingerprint density at radius 2 is 1.95 bits per heavy atom. The van der Waals surface area contributed by atoms with Crippen LogP contribution >= 0.6 is 0 Å². The number of ketones is 1. The summed E-state index contributed by atoms with van der Waals surface area (Å²) in [4.78, 5) is 23.7. The Balaban J connectivity index is 1.75. The molecule has 2 bridgehead atoms. The van der Waals surface area contributed by atoms with Crippen LogP contribution in [0.25, 0.3) is 0 Å². The fourth-order valence-electron chi connectivity index (χ4n) is 3.87. The molecule has 5 heteroatoms. The topological polar surface area (TPSA) is 43.4 Å².